The van der Waals surface area contributed by atoms with Crippen LogP contribution in [0.1, 0.15) is 36.7 Å². The van der Waals surface area contributed by atoms with Crippen molar-refractivity contribution in [2.75, 3.05) is 25.1 Å². The molecule has 168 valence electrons. The maximum atomic E-state index is 13.2. The summed E-state index contributed by atoms with van der Waals surface area (Å²) in [7, 11) is 0. The van der Waals surface area contributed by atoms with Crippen LogP contribution in [0.25, 0.3) is 5.65 Å². The molecule has 1 fully saturated rings. The molecule has 1 saturated heterocycles. The fourth-order valence-corrected chi connectivity index (χ4v) is 4.66. The minimum Gasteiger partial charge on any atom is -0.346 e. The number of thioether (sulfide) groups is 1. The molecule has 0 saturated carbocycles. The van der Waals surface area contributed by atoms with Crippen LogP contribution in [-0.4, -0.2) is 56.4 Å². The van der Waals surface area contributed by atoms with Crippen LogP contribution in [0.15, 0.2) is 54.7 Å². The van der Waals surface area contributed by atoms with E-state index in [-0.39, 0.29) is 23.8 Å². The first-order valence-electron chi connectivity index (χ1n) is 11.1. The van der Waals surface area contributed by atoms with Gasteiger partial charge in [-0.3, -0.25) is 14.0 Å². The molecule has 8 heteroatoms. The van der Waals surface area contributed by atoms with Gasteiger partial charge in [0.25, 0.3) is 0 Å². The summed E-state index contributed by atoms with van der Waals surface area (Å²) in [5.74, 6) is 1.51. The smallest absolute Gasteiger partial charge is 0.227 e. The number of nitrogens with zero attached hydrogens (tertiary/aromatic N) is 4. The van der Waals surface area contributed by atoms with Gasteiger partial charge >= 0.3 is 0 Å². The molecule has 4 rings (SSSR count). The highest BCUT2D eigenvalue weighted by molar-refractivity contribution is 7.98. The summed E-state index contributed by atoms with van der Waals surface area (Å²) in [6.45, 7) is 1.17. The Bertz CT molecular complexity index is 1050. The molecule has 1 aliphatic heterocycles. The van der Waals surface area contributed by atoms with Crippen LogP contribution in [-0.2, 0) is 16.0 Å². The van der Waals surface area contributed by atoms with Crippen molar-refractivity contribution in [3.63, 3.8) is 0 Å². The first-order valence-corrected chi connectivity index (χ1v) is 12.5. The molecule has 0 bridgehead atoms. The van der Waals surface area contributed by atoms with Gasteiger partial charge in [-0.15, -0.1) is 10.2 Å². The zero-order valence-electron chi connectivity index (χ0n) is 18.3. The molecule has 2 aromatic heterocycles. The Kier molecular flexibility index (Phi) is 7.42. The summed E-state index contributed by atoms with van der Waals surface area (Å²) in [5.41, 5.74) is 1.76. The molecule has 2 atom stereocenters. The van der Waals surface area contributed by atoms with E-state index in [1.807, 2.05) is 64.0 Å². The van der Waals surface area contributed by atoms with Gasteiger partial charge < -0.3 is 10.2 Å². The highest BCUT2D eigenvalue weighted by Crippen LogP contribution is 2.22. The van der Waals surface area contributed by atoms with Crippen LogP contribution in [0.2, 0.25) is 0 Å². The standard InChI is InChI=1S/C24H29N5O2S/c1-32-15-12-20(23-27-26-21-11-5-6-14-29(21)23)25-24(31)19-10-7-13-28(17-19)22(30)16-18-8-3-2-4-9-18/h2-6,8-9,11,14,19-20H,7,10,12-13,15-17H2,1H3,(H,25,31). The first kappa shape index (κ1) is 22.3. The van der Waals surface area contributed by atoms with Gasteiger partial charge in [0.15, 0.2) is 11.5 Å². The fourth-order valence-electron chi connectivity index (χ4n) is 4.19. The molecule has 7 nitrogen and oxygen atoms in total. The van der Waals surface area contributed by atoms with Crippen molar-refractivity contribution >= 4 is 29.2 Å². The summed E-state index contributed by atoms with van der Waals surface area (Å²) in [6.07, 6.45) is 6.74. The fraction of sp³-hybridized carbons (Fsp3) is 0.417. The Morgan fingerprint density at radius 1 is 1.16 bits per heavy atom. The summed E-state index contributed by atoms with van der Waals surface area (Å²) < 4.78 is 1.93. The molecule has 2 unspecified atom stereocenters. The Labute approximate surface area is 192 Å². The second kappa shape index (κ2) is 10.6. The summed E-state index contributed by atoms with van der Waals surface area (Å²) in [6, 6.07) is 15.3. The molecule has 32 heavy (non-hydrogen) atoms. The summed E-state index contributed by atoms with van der Waals surface area (Å²) in [4.78, 5) is 27.9. The molecule has 1 N–H and O–H groups in total. The van der Waals surface area contributed by atoms with Crippen LogP contribution in [0.3, 0.4) is 0 Å². The third-order valence-electron chi connectivity index (χ3n) is 5.92. The van der Waals surface area contributed by atoms with Crippen LogP contribution in [0.4, 0.5) is 0 Å². The number of pyridine rings is 1. The number of carbonyl (C=O) groups excluding carboxylic acids is 2. The Morgan fingerprint density at radius 3 is 2.78 bits per heavy atom. The van der Waals surface area contributed by atoms with Gasteiger partial charge in [-0.1, -0.05) is 36.4 Å². The topological polar surface area (TPSA) is 79.6 Å². The van der Waals surface area contributed by atoms with Crippen molar-refractivity contribution in [1.82, 2.24) is 24.8 Å². The zero-order valence-corrected chi connectivity index (χ0v) is 19.1. The minimum absolute atomic E-state index is 0.0130. The molecule has 3 aromatic rings. The molecular formula is C24H29N5O2S. The second-order valence-corrected chi connectivity index (χ2v) is 9.16. The van der Waals surface area contributed by atoms with E-state index in [9.17, 15) is 9.59 Å². The lowest BCUT2D eigenvalue weighted by atomic mass is 9.96. The molecular weight excluding hydrogens is 422 g/mol. The molecule has 1 aromatic carbocycles. The molecule has 1 aliphatic rings. The predicted octanol–water partition coefficient (Wildman–Crippen LogP) is 3.12. The van der Waals surface area contributed by atoms with Crippen molar-refractivity contribution in [3.05, 3.63) is 66.1 Å². The van der Waals surface area contributed by atoms with Gasteiger partial charge in [-0.25, -0.2) is 0 Å². The number of hydrogen-bond donors (Lipinski definition) is 1. The van der Waals surface area contributed by atoms with E-state index in [4.69, 9.17) is 0 Å². The van der Waals surface area contributed by atoms with E-state index in [1.165, 1.54) is 0 Å². The van der Waals surface area contributed by atoms with Crippen molar-refractivity contribution < 1.29 is 9.59 Å². The van der Waals surface area contributed by atoms with Gasteiger partial charge in [0, 0.05) is 19.3 Å². The Balaban J connectivity index is 1.43. The number of carbonyl (C=O) groups is 2. The third kappa shape index (κ3) is 5.30. The van der Waals surface area contributed by atoms with E-state index in [0.717, 1.165) is 42.1 Å². The minimum atomic E-state index is -0.220. The number of fused-ring (bicyclic) bond motifs is 1. The van der Waals surface area contributed by atoms with Crippen molar-refractivity contribution in [2.45, 2.75) is 31.7 Å². The lowest BCUT2D eigenvalue weighted by Gasteiger charge is -2.33. The summed E-state index contributed by atoms with van der Waals surface area (Å²) in [5, 5.41) is 11.8. The number of piperidine rings is 1. The van der Waals surface area contributed by atoms with Gasteiger partial charge in [0.1, 0.15) is 0 Å². The molecule has 2 amide bonds. The third-order valence-corrected chi connectivity index (χ3v) is 6.57. The van der Waals surface area contributed by atoms with Crippen molar-refractivity contribution in [3.8, 4) is 0 Å². The maximum absolute atomic E-state index is 13.2. The largest absolute Gasteiger partial charge is 0.346 e. The highest BCUT2D eigenvalue weighted by Gasteiger charge is 2.30. The molecule has 0 aliphatic carbocycles. The van der Waals surface area contributed by atoms with Gasteiger partial charge in [-0.2, -0.15) is 11.8 Å². The van der Waals surface area contributed by atoms with Crippen LogP contribution >= 0.6 is 11.8 Å². The normalized spacial score (nSPS) is 17.3. The molecule has 0 radical (unpaired) electrons. The average molecular weight is 452 g/mol. The number of rotatable bonds is 8. The lowest BCUT2D eigenvalue weighted by Crippen LogP contribution is -2.46. The zero-order chi connectivity index (χ0) is 22.3. The van der Waals surface area contributed by atoms with E-state index >= 15 is 0 Å². The van der Waals surface area contributed by atoms with Gasteiger partial charge in [0.2, 0.25) is 11.8 Å². The quantitative estimate of drug-likeness (QED) is 0.569. The number of hydrogen-bond acceptors (Lipinski definition) is 5. The number of amides is 2. The average Bonchev–Trinajstić information content (AvgIpc) is 3.26. The maximum Gasteiger partial charge on any atom is 0.227 e. The molecule has 0 spiro atoms. The number of benzene rings is 1. The number of likely N-dealkylation sites (tertiary alicyclic amines) is 1. The lowest BCUT2D eigenvalue weighted by molar-refractivity contribution is -0.135. The SMILES string of the molecule is CSCCC(NC(=O)C1CCCN(C(=O)Cc2ccccc2)C1)c1nnc2ccccn12. The van der Waals surface area contributed by atoms with Crippen molar-refractivity contribution in [2.24, 2.45) is 5.92 Å². The molecule has 3 heterocycles. The highest BCUT2D eigenvalue weighted by atomic mass is 32.2. The Morgan fingerprint density at radius 2 is 1.97 bits per heavy atom. The van der Waals surface area contributed by atoms with E-state index in [1.54, 1.807) is 11.8 Å². The summed E-state index contributed by atoms with van der Waals surface area (Å²) >= 11 is 1.74. The predicted molar refractivity (Wildman–Crippen MR) is 126 cm³/mol. The van der Waals surface area contributed by atoms with E-state index in [0.29, 0.717) is 19.5 Å². The van der Waals surface area contributed by atoms with Crippen LogP contribution in [0, 0.1) is 5.92 Å². The van der Waals surface area contributed by atoms with Gasteiger partial charge in [0.05, 0.1) is 18.4 Å². The van der Waals surface area contributed by atoms with Crippen LogP contribution in [0.5, 0.6) is 0 Å². The van der Waals surface area contributed by atoms with E-state index in [2.05, 4.69) is 21.8 Å². The second-order valence-electron chi connectivity index (χ2n) is 8.17. The Hall–Kier alpha value is -2.87. The monoisotopic (exact) mass is 451 g/mol. The first-order chi connectivity index (χ1) is 15.7. The number of nitrogens with one attached hydrogen (secondary N) is 1. The number of aromatic nitrogens is 3. The van der Waals surface area contributed by atoms with Crippen LogP contribution < -0.4 is 5.32 Å². The van der Waals surface area contributed by atoms with Gasteiger partial charge in [-0.05, 0) is 49.0 Å². The van der Waals surface area contributed by atoms with Crippen molar-refractivity contribution in [1.29, 1.82) is 0 Å². The van der Waals surface area contributed by atoms with E-state index < -0.39 is 0 Å².